The van der Waals surface area contributed by atoms with Gasteiger partial charge in [-0.15, -0.1) is 0 Å². The van der Waals surface area contributed by atoms with Gasteiger partial charge in [0.2, 0.25) is 0 Å². The molecule has 2 atom stereocenters. The van der Waals surface area contributed by atoms with Crippen molar-refractivity contribution >= 4 is 0 Å². The summed E-state index contributed by atoms with van der Waals surface area (Å²) in [5, 5.41) is 3.50. The van der Waals surface area contributed by atoms with Crippen LogP contribution in [0.5, 0.6) is 0 Å². The van der Waals surface area contributed by atoms with E-state index in [0.717, 1.165) is 12.5 Å². The van der Waals surface area contributed by atoms with Gasteiger partial charge in [-0.25, -0.2) is 0 Å². The Kier molecular flexibility index (Phi) is 4.62. The number of hydrogen-bond acceptors (Lipinski definition) is 2. The molecule has 12 heavy (non-hydrogen) atoms. The van der Waals surface area contributed by atoms with Crippen molar-refractivity contribution < 1.29 is 0 Å². The Balaban J connectivity index is 2.26. The lowest BCUT2D eigenvalue weighted by atomic mass is 9.87. The van der Waals surface area contributed by atoms with Gasteiger partial charge < -0.3 is 11.1 Å². The summed E-state index contributed by atoms with van der Waals surface area (Å²) in [4.78, 5) is 0. The van der Waals surface area contributed by atoms with E-state index in [1.54, 1.807) is 0 Å². The molecule has 0 amide bonds. The van der Waals surface area contributed by atoms with Crippen molar-refractivity contribution in [2.24, 2.45) is 11.7 Å². The minimum Gasteiger partial charge on any atom is -0.329 e. The van der Waals surface area contributed by atoms with Crippen LogP contribution in [-0.2, 0) is 0 Å². The van der Waals surface area contributed by atoms with Gasteiger partial charge in [0.15, 0.2) is 0 Å². The highest BCUT2D eigenvalue weighted by molar-refractivity contribution is 4.81. The van der Waals surface area contributed by atoms with Crippen LogP contribution in [0.3, 0.4) is 0 Å². The topological polar surface area (TPSA) is 38.0 Å². The third kappa shape index (κ3) is 2.76. The highest BCUT2D eigenvalue weighted by Crippen LogP contribution is 2.21. The minimum atomic E-state index is 0.602. The lowest BCUT2D eigenvalue weighted by Crippen LogP contribution is -2.46. The number of nitrogens with one attached hydrogen (secondary N) is 1. The van der Waals surface area contributed by atoms with Crippen molar-refractivity contribution in [1.29, 1.82) is 0 Å². The summed E-state index contributed by atoms with van der Waals surface area (Å²) in [6.45, 7) is 4.24. The highest BCUT2D eigenvalue weighted by Gasteiger charge is 2.22. The van der Waals surface area contributed by atoms with Gasteiger partial charge >= 0.3 is 0 Å². The number of rotatable bonds is 4. The Bertz CT molecular complexity index is 114. The summed E-state index contributed by atoms with van der Waals surface area (Å²) in [7, 11) is 0. The van der Waals surface area contributed by atoms with E-state index in [9.17, 15) is 0 Å². The smallest absolute Gasteiger partial charge is 0.0218 e. The van der Waals surface area contributed by atoms with Gasteiger partial charge in [-0.2, -0.15) is 0 Å². The molecular weight excluding hydrogens is 148 g/mol. The zero-order chi connectivity index (χ0) is 8.81. The lowest BCUT2D eigenvalue weighted by molar-refractivity contribution is 0.265. The average Bonchev–Trinajstić information content (AvgIpc) is 2.15. The van der Waals surface area contributed by atoms with Crippen molar-refractivity contribution in [1.82, 2.24) is 5.32 Å². The summed E-state index contributed by atoms with van der Waals surface area (Å²) in [6, 6.07) is 0.602. The van der Waals surface area contributed by atoms with E-state index >= 15 is 0 Å². The molecule has 1 aliphatic rings. The molecule has 0 aliphatic carbocycles. The maximum absolute atomic E-state index is 5.70. The summed E-state index contributed by atoms with van der Waals surface area (Å²) in [5.74, 6) is 0.851. The monoisotopic (exact) mass is 170 g/mol. The molecule has 1 fully saturated rings. The molecule has 0 bridgehead atoms. The molecule has 0 aromatic rings. The van der Waals surface area contributed by atoms with E-state index in [0.29, 0.717) is 6.04 Å². The van der Waals surface area contributed by atoms with Gasteiger partial charge in [-0.3, -0.25) is 0 Å². The van der Waals surface area contributed by atoms with E-state index in [4.69, 9.17) is 5.73 Å². The highest BCUT2D eigenvalue weighted by atomic mass is 14.9. The van der Waals surface area contributed by atoms with E-state index in [-0.39, 0.29) is 0 Å². The van der Waals surface area contributed by atoms with Crippen LogP contribution < -0.4 is 11.1 Å². The zero-order valence-electron chi connectivity index (χ0n) is 8.18. The van der Waals surface area contributed by atoms with Gasteiger partial charge in [0.05, 0.1) is 0 Å². The van der Waals surface area contributed by atoms with Crippen molar-refractivity contribution in [2.75, 3.05) is 13.1 Å². The second-order valence-corrected chi connectivity index (χ2v) is 3.84. The predicted octanol–water partition coefficient (Wildman–Crippen LogP) is 1.50. The van der Waals surface area contributed by atoms with Gasteiger partial charge in [-0.05, 0) is 31.7 Å². The van der Waals surface area contributed by atoms with Crippen molar-refractivity contribution in [3.8, 4) is 0 Å². The third-order valence-corrected chi connectivity index (χ3v) is 2.91. The fraction of sp³-hybridized carbons (Fsp3) is 1.00. The molecule has 1 heterocycles. The Morgan fingerprint density at radius 1 is 1.50 bits per heavy atom. The van der Waals surface area contributed by atoms with Crippen LogP contribution in [0.2, 0.25) is 0 Å². The maximum Gasteiger partial charge on any atom is 0.0218 e. The standard InChI is InChI=1S/C10H22N2/c1-2-3-5-9-6-4-7-12-10(9)8-11/h9-10,12H,2-8,11H2,1H3. The van der Waals surface area contributed by atoms with E-state index < -0.39 is 0 Å². The summed E-state index contributed by atoms with van der Waals surface area (Å²) in [5.41, 5.74) is 5.70. The fourth-order valence-corrected chi connectivity index (χ4v) is 2.11. The molecule has 0 spiro atoms. The van der Waals surface area contributed by atoms with Crippen LogP contribution in [0.15, 0.2) is 0 Å². The molecular formula is C10H22N2. The van der Waals surface area contributed by atoms with Gasteiger partial charge in [0, 0.05) is 12.6 Å². The first-order valence-electron chi connectivity index (χ1n) is 5.32. The molecule has 72 valence electrons. The molecule has 1 rings (SSSR count). The predicted molar refractivity (Wildman–Crippen MR) is 53.1 cm³/mol. The second-order valence-electron chi connectivity index (χ2n) is 3.84. The number of piperidine rings is 1. The number of unbranched alkanes of at least 4 members (excludes halogenated alkanes) is 1. The SMILES string of the molecule is CCCCC1CCCNC1CN. The van der Waals surface area contributed by atoms with Crippen LogP contribution in [0.1, 0.15) is 39.0 Å². The Hall–Kier alpha value is -0.0800. The molecule has 2 nitrogen and oxygen atoms in total. The van der Waals surface area contributed by atoms with Gasteiger partial charge in [0.1, 0.15) is 0 Å². The van der Waals surface area contributed by atoms with Crippen molar-refractivity contribution in [3.63, 3.8) is 0 Å². The van der Waals surface area contributed by atoms with E-state index in [2.05, 4.69) is 12.2 Å². The summed E-state index contributed by atoms with van der Waals surface area (Å²) in [6.07, 6.45) is 6.77. The molecule has 1 aliphatic heterocycles. The van der Waals surface area contributed by atoms with Crippen LogP contribution in [0.25, 0.3) is 0 Å². The number of hydrogen-bond donors (Lipinski definition) is 2. The first-order valence-corrected chi connectivity index (χ1v) is 5.32. The van der Waals surface area contributed by atoms with Crippen LogP contribution in [-0.4, -0.2) is 19.1 Å². The quantitative estimate of drug-likeness (QED) is 0.671. The molecule has 2 heteroatoms. The second kappa shape index (κ2) is 5.55. The molecule has 0 radical (unpaired) electrons. The van der Waals surface area contributed by atoms with Gasteiger partial charge in [-0.1, -0.05) is 19.8 Å². The average molecular weight is 170 g/mol. The first-order chi connectivity index (χ1) is 5.88. The van der Waals surface area contributed by atoms with Crippen LogP contribution in [0, 0.1) is 5.92 Å². The Labute approximate surface area is 75.9 Å². The maximum atomic E-state index is 5.70. The van der Waals surface area contributed by atoms with E-state index in [1.807, 2.05) is 0 Å². The van der Waals surface area contributed by atoms with Crippen LogP contribution in [0.4, 0.5) is 0 Å². The van der Waals surface area contributed by atoms with Gasteiger partial charge in [0.25, 0.3) is 0 Å². The zero-order valence-corrected chi connectivity index (χ0v) is 8.18. The Morgan fingerprint density at radius 3 is 3.00 bits per heavy atom. The van der Waals surface area contributed by atoms with Crippen LogP contribution >= 0.6 is 0 Å². The lowest BCUT2D eigenvalue weighted by Gasteiger charge is -2.31. The molecule has 3 N–H and O–H groups in total. The normalized spacial score (nSPS) is 30.5. The minimum absolute atomic E-state index is 0.602. The fourth-order valence-electron chi connectivity index (χ4n) is 2.11. The molecule has 2 unspecified atom stereocenters. The third-order valence-electron chi connectivity index (χ3n) is 2.91. The molecule has 0 aromatic heterocycles. The Morgan fingerprint density at radius 2 is 2.33 bits per heavy atom. The molecule has 0 saturated carbocycles. The molecule has 1 saturated heterocycles. The summed E-state index contributed by atoms with van der Waals surface area (Å²) < 4.78 is 0. The largest absolute Gasteiger partial charge is 0.329 e. The number of nitrogens with two attached hydrogens (primary N) is 1. The van der Waals surface area contributed by atoms with E-state index in [1.165, 1.54) is 38.6 Å². The summed E-state index contributed by atoms with van der Waals surface area (Å²) >= 11 is 0. The van der Waals surface area contributed by atoms with Crippen molar-refractivity contribution in [2.45, 2.75) is 45.1 Å². The molecule has 0 aromatic carbocycles. The first kappa shape index (κ1) is 10.0. The van der Waals surface area contributed by atoms with Crippen molar-refractivity contribution in [3.05, 3.63) is 0 Å².